The van der Waals surface area contributed by atoms with Crippen molar-refractivity contribution in [3.8, 4) is 22.3 Å². The standard InChI is InChI=1S/C66H54F2N2/c1-43-11-7-9-13-63(43)69(51-29-25-49(67)26-30-51)53-33-37-57-55-35-23-47(39-59(55)65(3,4)61(57)41-53)21-19-45-15-17-46(18-16-45)20-22-48-24-36-56-58-38-34-54(42-62(58)66(5,6)60(56)40-48)70(52-31-27-50(68)28-32-52)64-14-10-8-12-44(64)2/h7-42H,1-6H3/b21-19+,22-20+. The summed E-state index contributed by atoms with van der Waals surface area (Å²) in [5, 5.41) is 0. The van der Waals surface area contributed by atoms with Crippen molar-refractivity contribution < 1.29 is 8.78 Å². The highest BCUT2D eigenvalue weighted by Gasteiger charge is 2.38. The third-order valence-electron chi connectivity index (χ3n) is 14.6. The minimum absolute atomic E-state index is 0.225. The van der Waals surface area contributed by atoms with E-state index in [1.807, 2.05) is 24.3 Å². The van der Waals surface area contributed by atoms with Crippen LogP contribution in [0.2, 0.25) is 0 Å². The summed E-state index contributed by atoms with van der Waals surface area (Å²) in [7, 11) is 0. The molecule has 0 bridgehead atoms. The molecule has 11 rings (SSSR count). The molecule has 0 unspecified atom stereocenters. The molecule has 0 amide bonds. The zero-order chi connectivity index (χ0) is 48.3. The summed E-state index contributed by atoms with van der Waals surface area (Å²) in [6, 6.07) is 66.1. The van der Waals surface area contributed by atoms with Crippen molar-refractivity contribution >= 4 is 58.4 Å². The Morgan fingerprint density at radius 1 is 0.329 bits per heavy atom. The third kappa shape index (κ3) is 7.93. The predicted molar refractivity (Wildman–Crippen MR) is 291 cm³/mol. The second kappa shape index (κ2) is 17.5. The van der Waals surface area contributed by atoms with Gasteiger partial charge in [-0.05, 0) is 177 Å². The van der Waals surface area contributed by atoms with Gasteiger partial charge in [-0.1, -0.05) is 161 Å². The van der Waals surface area contributed by atoms with Crippen LogP contribution in [0.4, 0.5) is 42.9 Å². The van der Waals surface area contributed by atoms with Crippen molar-refractivity contribution in [2.24, 2.45) is 0 Å². The molecule has 2 aliphatic carbocycles. The van der Waals surface area contributed by atoms with E-state index >= 15 is 0 Å². The van der Waals surface area contributed by atoms with Gasteiger partial charge in [0.1, 0.15) is 11.6 Å². The predicted octanol–water partition coefficient (Wildman–Crippen LogP) is 18.5. The van der Waals surface area contributed by atoms with Crippen LogP contribution in [0.25, 0.3) is 46.6 Å². The fraction of sp³-hybridized carbons (Fsp3) is 0.121. The summed E-state index contributed by atoms with van der Waals surface area (Å²) in [6.45, 7) is 13.5. The quantitative estimate of drug-likeness (QED) is 0.126. The highest BCUT2D eigenvalue weighted by molar-refractivity contribution is 5.89. The number of hydrogen-bond donors (Lipinski definition) is 0. The van der Waals surface area contributed by atoms with Gasteiger partial charge in [-0.2, -0.15) is 0 Å². The molecule has 2 aliphatic rings. The van der Waals surface area contributed by atoms with Gasteiger partial charge in [-0.25, -0.2) is 8.78 Å². The Bertz CT molecular complexity index is 3290. The van der Waals surface area contributed by atoms with Crippen LogP contribution < -0.4 is 9.80 Å². The van der Waals surface area contributed by atoms with Crippen LogP contribution in [0.1, 0.15) is 83.3 Å². The van der Waals surface area contributed by atoms with E-state index in [0.717, 1.165) is 67.5 Å². The first-order valence-corrected chi connectivity index (χ1v) is 24.1. The summed E-state index contributed by atoms with van der Waals surface area (Å²) < 4.78 is 28.2. The van der Waals surface area contributed by atoms with Gasteiger partial charge in [-0.15, -0.1) is 0 Å². The van der Waals surface area contributed by atoms with Gasteiger partial charge in [-0.3, -0.25) is 0 Å². The minimum atomic E-state index is -0.249. The second-order valence-electron chi connectivity index (χ2n) is 19.8. The molecule has 9 aromatic rings. The van der Waals surface area contributed by atoms with Gasteiger partial charge >= 0.3 is 0 Å². The first kappa shape index (κ1) is 44.4. The Kier molecular flexibility index (Phi) is 11.1. The molecule has 0 heterocycles. The molecule has 4 heteroatoms. The Hall–Kier alpha value is -8.08. The van der Waals surface area contributed by atoms with Crippen LogP contribution in [0.5, 0.6) is 0 Å². The third-order valence-corrected chi connectivity index (χ3v) is 14.6. The fourth-order valence-electron chi connectivity index (χ4n) is 10.7. The van der Waals surface area contributed by atoms with Crippen LogP contribution in [0, 0.1) is 25.5 Å². The second-order valence-corrected chi connectivity index (χ2v) is 19.8. The average Bonchev–Trinajstić information content (AvgIpc) is 3.73. The molecule has 0 radical (unpaired) electrons. The van der Waals surface area contributed by atoms with Gasteiger partial charge < -0.3 is 9.80 Å². The molecular formula is C66H54F2N2. The summed E-state index contributed by atoms with van der Waals surface area (Å²) in [5.74, 6) is -0.498. The van der Waals surface area contributed by atoms with E-state index in [1.165, 1.54) is 68.8 Å². The maximum Gasteiger partial charge on any atom is 0.123 e. The molecule has 342 valence electrons. The van der Waals surface area contributed by atoms with Gasteiger partial charge in [0.05, 0.1) is 0 Å². The number of aryl methyl sites for hydroxylation is 2. The molecule has 0 aliphatic heterocycles. The maximum absolute atomic E-state index is 14.1. The SMILES string of the molecule is Cc1ccccc1N(c1ccc(F)cc1)c1ccc2c(c1)C(C)(C)c1cc(/C=C/c3ccc(/C=C/c4ccc5c(c4)C(C)(C)c4cc(N(c6ccc(F)cc6)c6ccccc6C)ccc4-5)cc3)ccc1-2. The molecular weight excluding hydrogens is 859 g/mol. The fourth-order valence-corrected chi connectivity index (χ4v) is 10.7. The molecule has 2 nitrogen and oxygen atoms in total. The van der Waals surface area contributed by atoms with Crippen molar-refractivity contribution in [2.75, 3.05) is 9.80 Å². The number of halogens is 2. The first-order chi connectivity index (χ1) is 33.8. The summed E-state index contributed by atoms with van der Waals surface area (Å²) in [5.41, 5.74) is 22.7. The molecule has 0 N–H and O–H groups in total. The molecule has 0 atom stereocenters. The Labute approximate surface area is 411 Å². The van der Waals surface area contributed by atoms with Gasteiger partial charge in [0.2, 0.25) is 0 Å². The van der Waals surface area contributed by atoms with Crippen molar-refractivity contribution in [1.82, 2.24) is 0 Å². The number of rotatable bonds is 10. The zero-order valence-corrected chi connectivity index (χ0v) is 40.4. The van der Waals surface area contributed by atoms with E-state index in [0.29, 0.717) is 0 Å². The largest absolute Gasteiger partial charge is 0.310 e. The molecule has 0 fully saturated rings. The van der Waals surface area contributed by atoms with Crippen molar-refractivity contribution in [3.63, 3.8) is 0 Å². The Morgan fingerprint density at radius 2 is 0.629 bits per heavy atom. The number of benzene rings is 9. The van der Waals surface area contributed by atoms with E-state index in [1.54, 1.807) is 0 Å². The summed E-state index contributed by atoms with van der Waals surface area (Å²) in [6.07, 6.45) is 8.80. The monoisotopic (exact) mass is 912 g/mol. The summed E-state index contributed by atoms with van der Waals surface area (Å²) in [4.78, 5) is 4.46. The van der Waals surface area contributed by atoms with Crippen molar-refractivity contribution in [1.29, 1.82) is 0 Å². The average molecular weight is 913 g/mol. The lowest BCUT2D eigenvalue weighted by Gasteiger charge is -2.29. The first-order valence-electron chi connectivity index (χ1n) is 24.1. The molecule has 9 aromatic carbocycles. The van der Waals surface area contributed by atoms with Crippen LogP contribution in [0.15, 0.2) is 194 Å². The van der Waals surface area contributed by atoms with E-state index in [9.17, 15) is 8.78 Å². The van der Waals surface area contributed by atoms with E-state index in [4.69, 9.17) is 0 Å². The van der Waals surface area contributed by atoms with E-state index < -0.39 is 0 Å². The molecule has 0 spiro atoms. The molecule has 0 aromatic heterocycles. The Morgan fingerprint density at radius 3 is 1.00 bits per heavy atom. The molecule has 0 saturated heterocycles. The number of para-hydroxylation sites is 2. The number of anilines is 6. The maximum atomic E-state index is 14.1. The lowest BCUT2D eigenvalue weighted by atomic mass is 9.81. The number of nitrogens with zero attached hydrogens (tertiary/aromatic N) is 2. The molecule has 0 saturated carbocycles. The Balaban J connectivity index is 0.801. The van der Waals surface area contributed by atoms with E-state index in [-0.39, 0.29) is 22.5 Å². The lowest BCUT2D eigenvalue weighted by molar-refractivity contribution is 0.627. The van der Waals surface area contributed by atoms with Crippen LogP contribution in [0.3, 0.4) is 0 Å². The van der Waals surface area contributed by atoms with Gasteiger partial charge in [0, 0.05) is 45.0 Å². The topological polar surface area (TPSA) is 6.48 Å². The number of fused-ring (bicyclic) bond motifs is 6. The highest BCUT2D eigenvalue weighted by Crippen LogP contribution is 2.53. The van der Waals surface area contributed by atoms with Crippen molar-refractivity contribution in [2.45, 2.75) is 52.4 Å². The summed E-state index contributed by atoms with van der Waals surface area (Å²) >= 11 is 0. The van der Waals surface area contributed by atoms with Crippen LogP contribution in [-0.4, -0.2) is 0 Å². The van der Waals surface area contributed by atoms with Crippen molar-refractivity contribution in [3.05, 3.63) is 261 Å². The zero-order valence-electron chi connectivity index (χ0n) is 40.4. The van der Waals surface area contributed by atoms with Gasteiger partial charge in [0.25, 0.3) is 0 Å². The molecule has 70 heavy (non-hydrogen) atoms. The van der Waals surface area contributed by atoms with E-state index in [2.05, 4.69) is 221 Å². The number of hydrogen-bond acceptors (Lipinski definition) is 2. The van der Waals surface area contributed by atoms with Gasteiger partial charge in [0.15, 0.2) is 0 Å². The van der Waals surface area contributed by atoms with Crippen LogP contribution >= 0.6 is 0 Å². The highest BCUT2D eigenvalue weighted by atomic mass is 19.1. The normalized spacial score (nSPS) is 13.8. The van der Waals surface area contributed by atoms with Crippen LogP contribution in [-0.2, 0) is 10.8 Å². The smallest absolute Gasteiger partial charge is 0.123 e. The lowest BCUT2D eigenvalue weighted by Crippen LogP contribution is -2.17. The minimum Gasteiger partial charge on any atom is -0.310 e.